The van der Waals surface area contributed by atoms with Crippen molar-refractivity contribution in [2.24, 2.45) is 0 Å². The van der Waals surface area contributed by atoms with Crippen LogP contribution in [0.5, 0.6) is 11.5 Å². The minimum absolute atomic E-state index is 0.140. The van der Waals surface area contributed by atoms with E-state index in [1.807, 2.05) is 55.5 Å². The van der Waals surface area contributed by atoms with E-state index in [-0.39, 0.29) is 11.6 Å². The van der Waals surface area contributed by atoms with E-state index in [1.165, 1.54) is 0 Å². The molecule has 32 heavy (non-hydrogen) atoms. The minimum atomic E-state index is -0.440. The SMILES string of the molecule is Cc1ccc2c(c1)N(C)C(=O)c1cc(NC(=O)c3cc(-c4ccccc4)on3)ccc1O2. The number of benzene rings is 3. The fraction of sp³-hybridized carbons (Fsp3) is 0.0800. The highest BCUT2D eigenvalue weighted by Crippen LogP contribution is 2.39. The number of anilines is 2. The van der Waals surface area contributed by atoms with E-state index in [1.54, 1.807) is 36.2 Å². The third-order valence-electron chi connectivity index (χ3n) is 5.27. The van der Waals surface area contributed by atoms with E-state index < -0.39 is 5.91 Å². The first kappa shape index (κ1) is 19.6. The fourth-order valence-electron chi connectivity index (χ4n) is 3.56. The van der Waals surface area contributed by atoms with Gasteiger partial charge in [-0.3, -0.25) is 9.59 Å². The highest BCUT2D eigenvalue weighted by Gasteiger charge is 2.26. The molecule has 7 heteroatoms. The third-order valence-corrected chi connectivity index (χ3v) is 5.27. The summed E-state index contributed by atoms with van der Waals surface area (Å²) in [5, 5.41) is 6.64. The van der Waals surface area contributed by atoms with Crippen LogP contribution < -0.4 is 15.0 Å². The first-order chi connectivity index (χ1) is 15.5. The van der Waals surface area contributed by atoms with Crippen LogP contribution in [-0.2, 0) is 0 Å². The number of fused-ring (bicyclic) bond motifs is 2. The zero-order valence-corrected chi connectivity index (χ0v) is 17.5. The Morgan fingerprint density at radius 2 is 1.75 bits per heavy atom. The molecular formula is C25H19N3O4. The van der Waals surface area contributed by atoms with Gasteiger partial charge in [0, 0.05) is 24.4 Å². The van der Waals surface area contributed by atoms with Gasteiger partial charge in [0.05, 0.1) is 11.3 Å². The van der Waals surface area contributed by atoms with Gasteiger partial charge in [0.1, 0.15) is 5.75 Å². The number of nitrogens with one attached hydrogen (secondary N) is 1. The summed E-state index contributed by atoms with van der Waals surface area (Å²) >= 11 is 0. The zero-order chi connectivity index (χ0) is 22.2. The first-order valence-corrected chi connectivity index (χ1v) is 10.0. The maximum Gasteiger partial charge on any atom is 0.277 e. The molecule has 2 amide bonds. The van der Waals surface area contributed by atoms with Gasteiger partial charge in [0.2, 0.25) is 0 Å². The Kier molecular flexibility index (Phi) is 4.71. The van der Waals surface area contributed by atoms with Crippen molar-refractivity contribution >= 4 is 23.2 Å². The van der Waals surface area contributed by atoms with Gasteiger partial charge in [0.25, 0.3) is 11.8 Å². The van der Waals surface area contributed by atoms with Crippen molar-refractivity contribution in [2.75, 3.05) is 17.3 Å². The van der Waals surface area contributed by atoms with Gasteiger partial charge in [-0.15, -0.1) is 0 Å². The molecular weight excluding hydrogens is 406 g/mol. The van der Waals surface area contributed by atoms with E-state index in [4.69, 9.17) is 9.26 Å². The number of aromatic nitrogens is 1. The van der Waals surface area contributed by atoms with Crippen LogP contribution in [0.25, 0.3) is 11.3 Å². The number of nitrogens with zero attached hydrogens (tertiary/aromatic N) is 2. The predicted molar refractivity (Wildman–Crippen MR) is 120 cm³/mol. The second-order valence-electron chi connectivity index (χ2n) is 7.54. The smallest absolute Gasteiger partial charge is 0.277 e. The normalized spacial score (nSPS) is 12.4. The van der Waals surface area contributed by atoms with Gasteiger partial charge < -0.3 is 19.5 Å². The quantitative estimate of drug-likeness (QED) is 0.482. The molecule has 0 radical (unpaired) electrons. The number of rotatable bonds is 3. The lowest BCUT2D eigenvalue weighted by Gasteiger charge is -2.16. The van der Waals surface area contributed by atoms with E-state index in [2.05, 4.69) is 10.5 Å². The number of carbonyl (C=O) groups excluding carboxylic acids is 2. The van der Waals surface area contributed by atoms with Crippen molar-refractivity contribution in [3.8, 4) is 22.8 Å². The molecule has 7 nitrogen and oxygen atoms in total. The zero-order valence-electron chi connectivity index (χ0n) is 17.5. The van der Waals surface area contributed by atoms with Crippen LogP contribution in [-0.4, -0.2) is 24.0 Å². The predicted octanol–water partition coefficient (Wildman–Crippen LogP) is 5.28. The number of carbonyl (C=O) groups is 2. The van der Waals surface area contributed by atoms with E-state index in [0.717, 1.165) is 11.1 Å². The highest BCUT2D eigenvalue weighted by atomic mass is 16.5. The van der Waals surface area contributed by atoms with E-state index in [9.17, 15) is 9.59 Å². The van der Waals surface area contributed by atoms with Crippen molar-refractivity contribution in [3.63, 3.8) is 0 Å². The molecule has 0 atom stereocenters. The number of hydrogen-bond donors (Lipinski definition) is 1. The molecule has 158 valence electrons. The lowest BCUT2D eigenvalue weighted by molar-refractivity contribution is 0.0989. The molecule has 0 saturated carbocycles. The fourth-order valence-corrected chi connectivity index (χ4v) is 3.56. The maximum absolute atomic E-state index is 13.1. The summed E-state index contributed by atoms with van der Waals surface area (Å²) in [6.07, 6.45) is 0. The summed E-state index contributed by atoms with van der Waals surface area (Å²) in [6.45, 7) is 1.96. The standard InChI is InChI=1S/C25H19N3O4/c1-15-8-10-22-20(12-15)28(2)25(30)18-13-17(9-11-21(18)31-22)26-24(29)19-14-23(32-27-19)16-6-4-3-5-7-16/h3-14H,1-2H3,(H,26,29). The molecule has 2 heterocycles. The van der Waals surface area contributed by atoms with Crippen molar-refractivity contribution in [1.29, 1.82) is 0 Å². The van der Waals surface area contributed by atoms with Crippen LogP contribution in [0.2, 0.25) is 0 Å². The van der Waals surface area contributed by atoms with Gasteiger partial charge in [-0.05, 0) is 42.8 Å². The van der Waals surface area contributed by atoms with Crippen molar-refractivity contribution in [3.05, 3.63) is 89.6 Å². The Hall–Kier alpha value is -4.39. The number of aryl methyl sites for hydroxylation is 1. The molecule has 1 N–H and O–H groups in total. The summed E-state index contributed by atoms with van der Waals surface area (Å²) in [5.74, 6) is 0.850. The number of ether oxygens (including phenoxy) is 1. The lowest BCUT2D eigenvalue weighted by Crippen LogP contribution is -2.25. The van der Waals surface area contributed by atoms with Gasteiger partial charge in [-0.1, -0.05) is 41.6 Å². The van der Waals surface area contributed by atoms with Gasteiger partial charge in [-0.25, -0.2) is 0 Å². The van der Waals surface area contributed by atoms with Crippen molar-refractivity contribution in [1.82, 2.24) is 5.16 Å². The van der Waals surface area contributed by atoms with E-state index >= 15 is 0 Å². The molecule has 1 aliphatic rings. The molecule has 1 aromatic heterocycles. The first-order valence-electron chi connectivity index (χ1n) is 10.0. The summed E-state index contributed by atoms with van der Waals surface area (Å²) in [4.78, 5) is 27.3. The van der Waals surface area contributed by atoms with Gasteiger partial charge in [-0.2, -0.15) is 0 Å². The highest BCUT2D eigenvalue weighted by molar-refractivity contribution is 6.11. The van der Waals surface area contributed by atoms with E-state index in [0.29, 0.717) is 34.2 Å². The Morgan fingerprint density at radius 3 is 2.56 bits per heavy atom. The molecule has 0 spiro atoms. The molecule has 5 rings (SSSR count). The monoisotopic (exact) mass is 425 g/mol. The van der Waals surface area contributed by atoms with Gasteiger partial charge >= 0.3 is 0 Å². The lowest BCUT2D eigenvalue weighted by atomic mass is 10.1. The Bertz CT molecular complexity index is 1340. The number of amides is 2. The van der Waals surface area contributed by atoms with Crippen LogP contribution in [0.1, 0.15) is 26.4 Å². The van der Waals surface area contributed by atoms with Crippen LogP contribution in [0.3, 0.4) is 0 Å². The molecule has 0 saturated heterocycles. The van der Waals surface area contributed by atoms with Crippen LogP contribution >= 0.6 is 0 Å². The molecule has 4 aromatic rings. The summed E-state index contributed by atoms with van der Waals surface area (Å²) < 4.78 is 11.3. The largest absolute Gasteiger partial charge is 0.454 e. The average molecular weight is 425 g/mol. The summed E-state index contributed by atoms with van der Waals surface area (Å²) in [6, 6.07) is 21.6. The Labute approximate surface area is 184 Å². The average Bonchev–Trinajstić information content (AvgIpc) is 3.28. The van der Waals surface area contributed by atoms with Crippen LogP contribution in [0.15, 0.2) is 77.3 Å². The maximum atomic E-state index is 13.1. The van der Waals surface area contributed by atoms with Crippen molar-refractivity contribution < 1.29 is 18.8 Å². The molecule has 0 aliphatic carbocycles. The molecule has 0 unspecified atom stereocenters. The molecule has 1 aliphatic heterocycles. The molecule has 0 fully saturated rings. The third kappa shape index (κ3) is 3.50. The minimum Gasteiger partial charge on any atom is -0.454 e. The second-order valence-corrected chi connectivity index (χ2v) is 7.54. The van der Waals surface area contributed by atoms with Gasteiger partial charge in [0.15, 0.2) is 17.2 Å². The van der Waals surface area contributed by atoms with Crippen LogP contribution in [0, 0.1) is 6.92 Å². The molecule has 0 bridgehead atoms. The molecule has 3 aromatic carbocycles. The Balaban J connectivity index is 1.40. The second kappa shape index (κ2) is 7.70. The van der Waals surface area contributed by atoms with Crippen molar-refractivity contribution in [2.45, 2.75) is 6.92 Å². The summed E-state index contributed by atoms with van der Waals surface area (Å²) in [5.41, 5.74) is 3.47. The number of hydrogen-bond acceptors (Lipinski definition) is 5. The Morgan fingerprint density at radius 1 is 0.969 bits per heavy atom. The van der Waals surface area contributed by atoms with Crippen LogP contribution in [0.4, 0.5) is 11.4 Å². The topological polar surface area (TPSA) is 84.7 Å². The summed E-state index contributed by atoms with van der Waals surface area (Å²) in [7, 11) is 1.70.